The number of nitrogens with zero attached hydrogens (tertiary/aromatic N) is 1. The first kappa shape index (κ1) is 16.3. The van der Waals surface area contributed by atoms with Crippen LogP contribution in [0.2, 0.25) is 0 Å². The van der Waals surface area contributed by atoms with Gasteiger partial charge in [-0.25, -0.2) is 0 Å². The topological polar surface area (TPSA) is 49.8 Å². The predicted octanol–water partition coefficient (Wildman–Crippen LogP) is 2.63. The zero-order chi connectivity index (χ0) is 16.7. The molecule has 0 unspecified atom stereocenters. The summed E-state index contributed by atoms with van der Waals surface area (Å²) < 4.78 is 43.7. The number of likely N-dealkylation sites (tertiary alicyclic amines) is 1. The van der Waals surface area contributed by atoms with E-state index < -0.39 is 23.1 Å². The van der Waals surface area contributed by atoms with Gasteiger partial charge in [0.2, 0.25) is 0 Å². The van der Waals surface area contributed by atoms with Crippen LogP contribution in [-0.4, -0.2) is 42.3 Å². The van der Waals surface area contributed by atoms with E-state index in [0.29, 0.717) is 44.8 Å². The van der Waals surface area contributed by atoms with Crippen LogP contribution in [0.15, 0.2) is 24.3 Å². The van der Waals surface area contributed by atoms with Gasteiger partial charge in [-0.2, -0.15) is 13.2 Å². The van der Waals surface area contributed by atoms with Crippen molar-refractivity contribution in [3.8, 4) is 0 Å². The highest BCUT2D eigenvalue weighted by Crippen LogP contribution is 2.43. The summed E-state index contributed by atoms with van der Waals surface area (Å²) in [5.74, 6) is -0.947. The van der Waals surface area contributed by atoms with Crippen molar-refractivity contribution in [3.63, 3.8) is 0 Å². The number of benzene rings is 1. The second-order valence-electron chi connectivity index (χ2n) is 6.35. The van der Waals surface area contributed by atoms with Crippen molar-refractivity contribution in [3.05, 3.63) is 35.4 Å². The fraction of sp³-hybridized carbons (Fsp3) is 0.562. The summed E-state index contributed by atoms with van der Waals surface area (Å²) in [6.45, 7) is 2.01. The zero-order valence-corrected chi connectivity index (χ0v) is 12.5. The molecule has 2 saturated heterocycles. The Bertz CT molecular complexity index is 604. The van der Waals surface area contributed by atoms with Crippen LogP contribution in [-0.2, 0) is 22.3 Å². The molecule has 3 rings (SSSR count). The molecule has 23 heavy (non-hydrogen) atoms. The average Bonchev–Trinajstić information content (AvgIpc) is 2.86. The number of aliphatic carboxylic acids is 1. The number of halogens is 3. The van der Waals surface area contributed by atoms with Crippen LogP contribution in [0.3, 0.4) is 0 Å². The third-order valence-electron chi connectivity index (χ3n) is 4.86. The van der Waals surface area contributed by atoms with Gasteiger partial charge in [0.1, 0.15) is 0 Å². The first-order valence-electron chi connectivity index (χ1n) is 7.51. The summed E-state index contributed by atoms with van der Waals surface area (Å²) in [5.41, 5.74) is -0.970. The average molecular weight is 329 g/mol. The maximum absolute atomic E-state index is 12.8. The van der Waals surface area contributed by atoms with Gasteiger partial charge in [-0.05, 0) is 18.1 Å². The van der Waals surface area contributed by atoms with E-state index in [2.05, 4.69) is 0 Å². The van der Waals surface area contributed by atoms with Gasteiger partial charge >= 0.3 is 12.1 Å². The van der Waals surface area contributed by atoms with Crippen molar-refractivity contribution in [1.29, 1.82) is 0 Å². The molecule has 2 aliphatic rings. The first-order valence-corrected chi connectivity index (χ1v) is 7.51. The highest BCUT2D eigenvalue weighted by Gasteiger charge is 2.53. The Morgan fingerprint density at radius 2 is 2.22 bits per heavy atom. The number of carboxylic acids is 1. The lowest BCUT2D eigenvalue weighted by atomic mass is 9.74. The number of carbonyl (C=O) groups is 1. The number of hydrogen-bond donors (Lipinski definition) is 1. The molecule has 0 saturated carbocycles. The molecule has 0 spiro atoms. The normalized spacial score (nSPS) is 28.6. The van der Waals surface area contributed by atoms with Crippen LogP contribution in [0.5, 0.6) is 0 Å². The smallest absolute Gasteiger partial charge is 0.416 e. The van der Waals surface area contributed by atoms with Gasteiger partial charge in [0.25, 0.3) is 0 Å². The van der Waals surface area contributed by atoms with Crippen molar-refractivity contribution in [2.45, 2.75) is 19.1 Å². The first-order chi connectivity index (χ1) is 10.8. The summed E-state index contributed by atoms with van der Waals surface area (Å²) >= 11 is 0. The highest BCUT2D eigenvalue weighted by molar-refractivity contribution is 5.76. The highest BCUT2D eigenvalue weighted by atomic mass is 19.4. The summed E-state index contributed by atoms with van der Waals surface area (Å²) in [6, 6.07) is 5.20. The molecule has 2 heterocycles. The Balaban J connectivity index is 1.76. The molecule has 1 aromatic carbocycles. The van der Waals surface area contributed by atoms with E-state index >= 15 is 0 Å². The Morgan fingerprint density at radius 1 is 1.43 bits per heavy atom. The lowest BCUT2D eigenvalue weighted by Gasteiger charge is -2.34. The second kappa shape index (κ2) is 5.79. The second-order valence-corrected chi connectivity index (χ2v) is 6.35. The Labute approximate surface area is 131 Å². The molecule has 0 bridgehead atoms. The molecule has 0 amide bonds. The minimum Gasteiger partial charge on any atom is -0.481 e. The van der Waals surface area contributed by atoms with E-state index in [1.54, 1.807) is 6.07 Å². The molecule has 0 radical (unpaired) electrons. The van der Waals surface area contributed by atoms with Crippen LogP contribution in [0.25, 0.3) is 0 Å². The van der Waals surface area contributed by atoms with E-state index in [9.17, 15) is 23.1 Å². The third kappa shape index (κ3) is 3.07. The number of fused-ring (bicyclic) bond motifs is 1. The molecule has 1 aromatic rings. The maximum Gasteiger partial charge on any atom is 0.416 e. The molecule has 1 N–H and O–H groups in total. The minimum absolute atomic E-state index is 0.112. The van der Waals surface area contributed by atoms with Crippen molar-refractivity contribution in [2.24, 2.45) is 11.3 Å². The molecule has 4 nitrogen and oxygen atoms in total. The monoisotopic (exact) mass is 329 g/mol. The fourth-order valence-corrected chi connectivity index (χ4v) is 3.63. The molecule has 0 aromatic heterocycles. The number of alkyl halides is 3. The van der Waals surface area contributed by atoms with Crippen molar-refractivity contribution in [1.82, 2.24) is 4.90 Å². The largest absolute Gasteiger partial charge is 0.481 e. The lowest BCUT2D eigenvalue weighted by Crippen LogP contribution is -2.44. The van der Waals surface area contributed by atoms with Crippen molar-refractivity contribution in [2.75, 3.05) is 26.3 Å². The van der Waals surface area contributed by atoms with Crippen LogP contribution in [0.4, 0.5) is 13.2 Å². The van der Waals surface area contributed by atoms with E-state index in [1.807, 2.05) is 4.90 Å². The summed E-state index contributed by atoms with van der Waals surface area (Å²) in [5, 5.41) is 9.60. The molecule has 126 valence electrons. The van der Waals surface area contributed by atoms with Gasteiger partial charge in [-0.15, -0.1) is 0 Å². The number of rotatable bonds is 3. The third-order valence-corrected chi connectivity index (χ3v) is 4.86. The van der Waals surface area contributed by atoms with Gasteiger partial charge in [-0.3, -0.25) is 9.69 Å². The van der Waals surface area contributed by atoms with Crippen LogP contribution < -0.4 is 0 Å². The molecule has 2 atom stereocenters. The Kier molecular flexibility index (Phi) is 4.10. The minimum atomic E-state index is -4.37. The predicted molar refractivity (Wildman–Crippen MR) is 75.7 cm³/mol. The number of hydrogen-bond acceptors (Lipinski definition) is 3. The maximum atomic E-state index is 12.8. The quantitative estimate of drug-likeness (QED) is 0.926. The molecular formula is C16H18F3NO3. The number of carboxylic acid groups (broad SMARTS) is 1. The fourth-order valence-electron chi connectivity index (χ4n) is 3.63. The molecule has 2 aliphatic heterocycles. The summed E-state index contributed by atoms with van der Waals surface area (Å²) in [4.78, 5) is 13.6. The van der Waals surface area contributed by atoms with E-state index in [-0.39, 0.29) is 5.92 Å². The number of ether oxygens (including phenoxy) is 1. The summed E-state index contributed by atoms with van der Waals surface area (Å²) in [7, 11) is 0. The van der Waals surface area contributed by atoms with Crippen LogP contribution in [0.1, 0.15) is 17.5 Å². The standard InChI is InChI=1S/C16H18F3NO3/c17-16(18,19)12-3-1-2-11(6-12)7-20-8-13-9-23-5-4-15(13,10-20)14(21)22/h1-3,6,13H,4-5,7-10H2,(H,21,22)/t13-,15+/m1/s1. The SMILES string of the molecule is O=C(O)[C@]12CCOC[C@H]1CN(Cc1cccc(C(F)(F)F)c1)C2. The van der Waals surface area contributed by atoms with Crippen molar-refractivity contribution < 1.29 is 27.8 Å². The molecule has 7 heteroatoms. The zero-order valence-electron chi connectivity index (χ0n) is 12.5. The van der Waals surface area contributed by atoms with E-state index in [4.69, 9.17) is 4.74 Å². The van der Waals surface area contributed by atoms with Gasteiger partial charge < -0.3 is 9.84 Å². The van der Waals surface area contributed by atoms with Crippen LogP contribution in [0, 0.1) is 11.3 Å². The van der Waals surface area contributed by atoms with Crippen LogP contribution >= 0.6 is 0 Å². The molecule has 0 aliphatic carbocycles. The Morgan fingerprint density at radius 3 is 2.87 bits per heavy atom. The Hall–Kier alpha value is -1.60. The van der Waals surface area contributed by atoms with E-state index in [1.165, 1.54) is 6.07 Å². The van der Waals surface area contributed by atoms with Gasteiger partial charge in [0.15, 0.2) is 0 Å². The summed E-state index contributed by atoms with van der Waals surface area (Å²) in [6.07, 6.45) is -3.92. The van der Waals surface area contributed by atoms with Gasteiger partial charge in [0.05, 0.1) is 17.6 Å². The van der Waals surface area contributed by atoms with Crippen molar-refractivity contribution >= 4 is 5.97 Å². The van der Waals surface area contributed by atoms with Gasteiger partial charge in [0, 0.05) is 32.2 Å². The lowest BCUT2D eigenvalue weighted by molar-refractivity contribution is -0.157. The van der Waals surface area contributed by atoms with Gasteiger partial charge in [-0.1, -0.05) is 18.2 Å². The van der Waals surface area contributed by atoms with E-state index in [0.717, 1.165) is 12.1 Å². The molecular weight excluding hydrogens is 311 g/mol. The molecule has 2 fully saturated rings.